The molecule has 3 rings (SSSR count). The zero-order valence-electron chi connectivity index (χ0n) is 10.9. The Balaban J connectivity index is 1.79. The molecular weight excluding hydrogens is 276 g/mol. The number of thiophene rings is 1. The predicted molar refractivity (Wildman–Crippen MR) is 82.7 cm³/mol. The van der Waals surface area contributed by atoms with Crippen molar-refractivity contribution in [3.8, 4) is 0 Å². The molecule has 4 heteroatoms. The van der Waals surface area contributed by atoms with Gasteiger partial charge in [0.05, 0.1) is 10.7 Å². The molecule has 0 aliphatic carbocycles. The zero-order chi connectivity index (χ0) is 13.4. The molecule has 0 saturated carbocycles. The van der Waals surface area contributed by atoms with Crippen LogP contribution in [0.1, 0.15) is 29.0 Å². The number of hydrogen-bond donors (Lipinski definition) is 1. The van der Waals surface area contributed by atoms with Crippen LogP contribution in [0, 0.1) is 0 Å². The molecule has 1 aliphatic rings. The summed E-state index contributed by atoms with van der Waals surface area (Å²) in [6.07, 6.45) is 1.15. The van der Waals surface area contributed by atoms with E-state index in [9.17, 15) is 0 Å². The number of halogens is 1. The molecule has 0 fully saturated rings. The number of anilines is 1. The van der Waals surface area contributed by atoms with Crippen LogP contribution in [0.15, 0.2) is 29.6 Å². The molecule has 2 N–H and O–H groups in total. The number of nitrogens with two attached hydrogens (primary N) is 1. The summed E-state index contributed by atoms with van der Waals surface area (Å²) >= 11 is 7.97. The molecule has 2 heterocycles. The molecule has 1 unspecified atom stereocenters. The minimum Gasteiger partial charge on any atom is -0.398 e. The van der Waals surface area contributed by atoms with E-state index in [0.29, 0.717) is 16.8 Å². The van der Waals surface area contributed by atoms with Crippen LogP contribution < -0.4 is 5.73 Å². The fourth-order valence-corrected chi connectivity index (χ4v) is 3.85. The Labute approximate surface area is 122 Å². The summed E-state index contributed by atoms with van der Waals surface area (Å²) in [5.41, 5.74) is 9.12. The van der Waals surface area contributed by atoms with E-state index in [1.807, 2.05) is 23.5 Å². The van der Waals surface area contributed by atoms with Crippen molar-refractivity contribution in [3.05, 3.63) is 50.7 Å². The quantitative estimate of drug-likeness (QED) is 0.844. The minimum absolute atomic E-state index is 0.478. The molecule has 2 aromatic rings. The molecule has 0 amide bonds. The van der Waals surface area contributed by atoms with Gasteiger partial charge in [0, 0.05) is 24.0 Å². The molecule has 1 aliphatic heterocycles. The summed E-state index contributed by atoms with van der Waals surface area (Å²) in [5, 5.41) is 2.85. The summed E-state index contributed by atoms with van der Waals surface area (Å²) < 4.78 is 0. The Morgan fingerprint density at radius 3 is 3.05 bits per heavy atom. The maximum Gasteiger partial charge on any atom is 0.0638 e. The summed E-state index contributed by atoms with van der Waals surface area (Å²) in [7, 11) is 0. The molecule has 1 atom stereocenters. The van der Waals surface area contributed by atoms with E-state index in [1.165, 1.54) is 11.1 Å². The van der Waals surface area contributed by atoms with Gasteiger partial charge in [-0.05, 0) is 48.1 Å². The number of nitrogen functional groups attached to an aromatic ring is 1. The highest BCUT2D eigenvalue weighted by atomic mass is 35.5. The second-order valence-corrected chi connectivity index (χ2v) is 6.46. The van der Waals surface area contributed by atoms with Crippen LogP contribution in [-0.4, -0.2) is 11.4 Å². The van der Waals surface area contributed by atoms with Crippen molar-refractivity contribution in [2.24, 2.45) is 0 Å². The molecule has 19 heavy (non-hydrogen) atoms. The van der Waals surface area contributed by atoms with Crippen LogP contribution >= 0.6 is 22.9 Å². The van der Waals surface area contributed by atoms with Crippen LogP contribution in [-0.2, 0) is 13.0 Å². The molecular formula is C15H17ClN2S. The maximum atomic E-state index is 6.09. The lowest BCUT2D eigenvalue weighted by Crippen LogP contribution is -2.32. The third-order valence-electron chi connectivity index (χ3n) is 3.85. The first kappa shape index (κ1) is 13.0. The molecule has 2 nitrogen and oxygen atoms in total. The SMILES string of the molecule is CC1c2ccsc2CCN1Cc1ccc(N)c(Cl)c1. The van der Waals surface area contributed by atoms with Crippen LogP contribution in [0.25, 0.3) is 0 Å². The van der Waals surface area contributed by atoms with Gasteiger partial charge in [0.25, 0.3) is 0 Å². The van der Waals surface area contributed by atoms with Crippen molar-refractivity contribution < 1.29 is 0 Å². The molecule has 100 valence electrons. The van der Waals surface area contributed by atoms with E-state index < -0.39 is 0 Å². The monoisotopic (exact) mass is 292 g/mol. The molecule has 0 spiro atoms. The summed E-state index contributed by atoms with van der Waals surface area (Å²) in [4.78, 5) is 4.04. The molecule has 0 radical (unpaired) electrons. The van der Waals surface area contributed by atoms with Crippen LogP contribution in [0.2, 0.25) is 5.02 Å². The normalized spacial score (nSPS) is 19.4. The largest absolute Gasteiger partial charge is 0.398 e. The van der Waals surface area contributed by atoms with Gasteiger partial charge in [0.15, 0.2) is 0 Å². The smallest absolute Gasteiger partial charge is 0.0638 e. The van der Waals surface area contributed by atoms with Crippen molar-refractivity contribution in [3.63, 3.8) is 0 Å². The lowest BCUT2D eigenvalue weighted by atomic mass is 10.0. The third-order valence-corrected chi connectivity index (χ3v) is 5.18. The second-order valence-electron chi connectivity index (χ2n) is 5.05. The van der Waals surface area contributed by atoms with E-state index in [2.05, 4.69) is 29.3 Å². The van der Waals surface area contributed by atoms with Crippen LogP contribution in [0.3, 0.4) is 0 Å². The van der Waals surface area contributed by atoms with Crippen molar-refractivity contribution in [1.29, 1.82) is 0 Å². The van der Waals surface area contributed by atoms with Crippen molar-refractivity contribution in [2.75, 3.05) is 12.3 Å². The van der Waals surface area contributed by atoms with Gasteiger partial charge in [-0.15, -0.1) is 11.3 Å². The number of hydrogen-bond acceptors (Lipinski definition) is 3. The van der Waals surface area contributed by atoms with E-state index in [4.69, 9.17) is 17.3 Å². The average molecular weight is 293 g/mol. The molecule has 1 aromatic heterocycles. The second kappa shape index (κ2) is 5.16. The van der Waals surface area contributed by atoms with E-state index in [1.54, 1.807) is 4.88 Å². The number of rotatable bonds is 2. The van der Waals surface area contributed by atoms with Gasteiger partial charge in [-0.25, -0.2) is 0 Å². The predicted octanol–water partition coefficient (Wildman–Crippen LogP) is 4.10. The van der Waals surface area contributed by atoms with Gasteiger partial charge < -0.3 is 5.73 Å². The highest BCUT2D eigenvalue weighted by molar-refractivity contribution is 7.10. The first-order valence-corrected chi connectivity index (χ1v) is 7.75. The molecule has 0 saturated heterocycles. The van der Waals surface area contributed by atoms with Gasteiger partial charge in [0.2, 0.25) is 0 Å². The number of nitrogens with zero attached hydrogens (tertiary/aromatic N) is 1. The Morgan fingerprint density at radius 2 is 2.26 bits per heavy atom. The Kier molecular flexibility index (Phi) is 3.52. The van der Waals surface area contributed by atoms with Gasteiger partial charge in [-0.1, -0.05) is 17.7 Å². The number of benzene rings is 1. The Morgan fingerprint density at radius 1 is 1.42 bits per heavy atom. The number of fused-ring (bicyclic) bond motifs is 1. The first-order valence-electron chi connectivity index (χ1n) is 6.49. The third kappa shape index (κ3) is 2.50. The fraction of sp³-hybridized carbons (Fsp3) is 0.333. The maximum absolute atomic E-state index is 6.09. The average Bonchev–Trinajstić information content (AvgIpc) is 2.86. The minimum atomic E-state index is 0.478. The van der Waals surface area contributed by atoms with Crippen molar-refractivity contribution in [1.82, 2.24) is 4.90 Å². The molecule has 1 aromatic carbocycles. The zero-order valence-corrected chi connectivity index (χ0v) is 12.5. The first-order chi connectivity index (χ1) is 9.15. The van der Waals surface area contributed by atoms with Crippen molar-refractivity contribution in [2.45, 2.75) is 25.9 Å². The summed E-state index contributed by atoms with van der Waals surface area (Å²) in [5.74, 6) is 0. The topological polar surface area (TPSA) is 29.3 Å². The van der Waals surface area contributed by atoms with E-state index in [0.717, 1.165) is 19.5 Å². The van der Waals surface area contributed by atoms with Crippen LogP contribution in [0.4, 0.5) is 5.69 Å². The lowest BCUT2D eigenvalue weighted by molar-refractivity contribution is 0.191. The highest BCUT2D eigenvalue weighted by Gasteiger charge is 2.24. The highest BCUT2D eigenvalue weighted by Crippen LogP contribution is 2.34. The Bertz CT molecular complexity index is 594. The van der Waals surface area contributed by atoms with Gasteiger partial charge in [0.1, 0.15) is 0 Å². The fourth-order valence-electron chi connectivity index (χ4n) is 2.68. The van der Waals surface area contributed by atoms with E-state index >= 15 is 0 Å². The standard InChI is InChI=1S/C15H17ClN2S/c1-10-12-5-7-19-15(12)4-6-18(10)9-11-2-3-14(17)13(16)8-11/h2-3,5,7-8,10H,4,6,9,17H2,1H3. The summed E-state index contributed by atoms with van der Waals surface area (Å²) in [6.45, 7) is 4.32. The van der Waals surface area contributed by atoms with E-state index in [-0.39, 0.29) is 0 Å². The van der Waals surface area contributed by atoms with Gasteiger partial charge >= 0.3 is 0 Å². The van der Waals surface area contributed by atoms with Gasteiger partial charge in [-0.3, -0.25) is 4.90 Å². The van der Waals surface area contributed by atoms with Crippen molar-refractivity contribution >= 4 is 28.6 Å². The Hall–Kier alpha value is -1.03. The van der Waals surface area contributed by atoms with Gasteiger partial charge in [-0.2, -0.15) is 0 Å². The summed E-state index contributed by atoms with van der Waals surface area (Å²) in [6, 6.07) is 8.67. The molecule has 0 bridgehead atoms. The lowest BCUT2D eigenvalue weighted by Gasteiger charge is -2.33. The van der Waals surface area contributed by atoms with Crippen LogP contribution in [0.5, 0.6) is 0 Å².